The van der Waals surface area contributed by atoms with Crippen molar-refractivity contribution in [2.45, 2.75) is 18.2 Å². The molecule has 0 aliphatic rings. The summed E-state index contributed by atoms with van der Waals surface area (Å²) in [4.78, 5) is 13.1. The van der Waals surface area contributed by atoms with Crippen LogP contribution in [0.25, 0.3) is 0 Å². The lowest BCUT2D eigenvalue weighted by Crippen LogP contribution is -2.40. The molecule has 0 saturated carbocycles. The summed E-state index contributed by atoms with van der Waals surface area (Å²) in [5.41, 5.74) is 0.0795. The Hall–Kier alpha value is -1.91. The molecule has 0 spiro atoms. The van der Waals surface area contributed by atoms with Crippen molar-refractivity contribution in [2.24, 2.45) is 0 Å². The van der Waals surface area contributed by atoms with Gasteiger partial charge < -0.3 is 4.90 Å². The van der Waals surface area contributed by atoms with E-state index in [0.717, 1.165) is 4.31 Å². The number of hydrogen-bond acceptors (Lipinski definition) is 4. The number of benzene rings is 1. The maximum Gasteiger partial charge on any atom is 0.244 e. The van der Waals surface area contributed by atoms with Gasteiger partial charge in [-0.2, -0.15) is 9.57 Å². The molecule has 6 nitrogen and oxygen atoms in total. The minimum atomic E-state index is -3.87. The number of carbonyl (C=O) groups is 1. The summed E-state index contributed by atoms with van der Waals surface area (Å²) < 4.78 is 26.4. The number of hydrogen-bond donors (Lipinski definition) is 0. The van der Waals surface area contributed by atoms with Gasteiger partial charge in [-0.25, -0.2) is 8.42 Å². The van der Waals surface area contributed by atoms with E-state index in [4.69, 9.17) is 5.26 Å². The molecule has 1 rings (SSSR count). The fraction of sp³-hybridized carbons (Fsp3) is 0.429. The Balaban J connectivity index is 3.22. The summed E-state index contributed by atoms with van der Waals surface area (Å²) in [7, 11) is -0.728. The SMILES string of the molecule is CCCN(CC(=O)N(C)C)S(=O)(=O)c1ccccc1C#N. The van der Waals surface area contributed by atoms with E-state index in [1.165, 1.54) is 17.0 Å². The van der Waals surface area contributed by atoms with Gasteiger partial charge in [-0.3, -0.25) is 4.79 Å². The van der Waals surface area contributed by atoms with Crippen LogP contribution in [0.15, 0.2) is 29.2 Å². The summed E-state index contributed by atoms with van der Waals surface area (Å²) in [6.07, 6.45) is 0.578. The van der Waals surface area contributed by atoms with Crippen LogP contribution in [0.3, 0.4) is 0 Å². The van der Waals surface area contributed by atoms with Crippen LogP contribution in [-0.2, 0) is 14.8 Å². The van der Waals surface area contributed by atoms with E-state index in [1.807, 2.05) is 13.0 Å². The first-order valence-electron chi connectivity index (χ1n) is 6.54. The van der Waals surface area contributed by atoms with E-state index < -0.39 is 10.0 Å². The number of nitrogens with zero attached hydrogens (tertiary/aromatic N) is 3. The highest BCUT2D eigenvalue weighted by atomic mass is 32.2. The first-order valence-corrected chi connectivity index (χ1v) is 7.98. The lowest BCUT2D eigenvalue weighted by Gasteiger charge is -2.23. The van der Waals surface area contributed by atoms with Crippen molar-refractivity contribution in [1.29, 1.82) is 5.26 Å². The highest BCUT2D eigenvalue weighted by molar-refractivity contribution is 7.89. The van der Waals surface area contributed by atoms with Gasteiger partial charge in [-0.15, -0.1) is 0 Å². The van der Waals surface area contributed by atoms with Crippen molar-refractivity contribution < 1.29 is 13.2 Å². The fourth-order valence-corrected chi connectivity index (χ4v) is 3.37. The molecule has 7 heteroatoms. The Morgan fingerprint density at radius 3 is 2.43 bits per heavy atom. The lowest BCUT2D eigenvalue weighted by molar-refractivity contribution is -0.128. The van der Waals surface area contributed by atoms with Crippen LogP contribution in [0.5, 0.6) is 0 Å². The molecule has 1 aromatic rings. The van der Waals surface area contributed by atoms with E-state index >= 15 is 0 Å². The van der Waals surface area contributed by atoms with Gasteiger partial charge in [-0.1, -0.05) is 19.1 Å². The molecule has 0 heterocycles. The first-order chi connectivity index (χ1) is 9.84. The van der Waals surface area contributed by atoms with Crippen molar-refractivity contribution >= 4 is 15.9 Å². The van der Waals surface area contributed by atoms with E-state index in [2.05, 4.69) is 0 Å². The number of sulfonamides is 1. The Kier molecular flexibility index (Phi) is 5.88. The van der Waals surface area contributed by atoms with E-state index in [1.54, 1.807) is 26.2 Å². The predicted molar refractivity (Wildman–Crippen MR) is 78.9 cm³/mol. The number of rotatable bonds is 6. The highest BCUT2D eigenvalue weighted by Crippen LogP contribution is 2.20. The average molecular weight is 309 g/mol. The highest BCUT2D eigenvalue weighted by Gasteiger charge is 2.28. The second-order valence-electron chi connectivity index (χ2n) is 4.73. The molecule has 1 amide bonds. The zero-order valence-corrected chi connectivity index (χ0v) is 13.2. The number of amides is 1. The largest absolute Gasteiger partial charge is 0.348 e. The molecule has 0 N–H and O–H groups in total. The molecule has 114 valence electrons. The van der Waals surface area contributed by atoms with E-state index in [0.29, 0.717) is 6.42 Å². The van der Waals surface area contributed by atoms with Gasteiger partial charge in [0.25, 0.3) is 0 Å². The summed E-state index contributed by atoms with van der Waals surface area (Å²) in [6.45, 7) is 1.82. The fourth-order valence-electron chi connectivity index (χ4n) is 1.75. The van der Waals surface area contributed by atoms with Crippen LogP contribution >= 0.6 is 0 Å². The molecule has 0 radical (unpaired) electrons. The molecule has 1 aromatic carbocycles. The number of carbonyl (C=O) groups excluding carboxylic acids is 1. The van der Waals surface area contributed by atoms with Crippen LogP contribution in [0.4, 0.5) is 0 Å². The Morgan fingerprint density at radius 1 is 1.29 bits per heavy atom. The maximum atomic E-state index is 12.7. The molecule has 0 fully saturated rings. The van der Waals surface area contributed by atoms with Crippen molar-refractivity contribution in [2.75, 3.05) is 27.2 Å². The van der Waals surface area contributed by atoms with Gasteiger partial charge in [0, 0.05) is 20.6 Å². The third-order valence-corrected chi connectivity index (χ3v) is 4.81. The topological polar surface area (TPSA) is 81.5 Å². The Labute approximate surface area is 125 Å². The van der Waals surface area contributed by atoms with E-state index in [-0.39, 0.29) is 29.5 Å². The van der Waals surface area contributed by atoms with Crippen molar-refractivity contribution in [3.8, 4) is 6.07 Å². The second-order valence-corrected chi connectivity index (χ2v) is 6.64. The van der Waals surface area contributed by atoms with Gasteiger partial charge >= 0.3 is 0 Å². The average Bonchev–Trinajstić information content (AvgIpc) is 2.46. The van der Waals surface area contributed by atoms with Crippen LogP contribution < -0.4 is 0 Å². The minimum absolute atomic E-state index is 0.0625. The lowest BCUT2D eigenvalue weighted by atomic mass is 10.2. The molecule has 0 bridgehead atoms. The predicted octanol–water partition coefficient (Wildman–Crippen LogP) is 1.05. The number of nitriles is 1. The number of likely N-dealkylation sites (N-methyl/N-ethyl adjacent to an activating group) is 1. The van der Waals surface area contributed by atoms with Crippen molar-refractivity contribution in [1.82, 2.24) is 9.21 Å². The Bertz CT molecular complexity index is 648. The Morgan fingerprint density at radius 2 is 1.90 bits per heavy atom. The molecular weight excluding hydrogens is 290 g/mol. The van der Waals surface area contributed by atoms with E-state index in [9.17, 15) is 13.2 Å². The molecule has 0 aliphatic carbocycles. The second kappa shape index (κ2) is 7.20. The van der Waals surface area contributed by atoms with Crippen LogP contribution in [-0.4, -0.2) is 50.7 Å². The molecule has 0 unspecified atom stereocenters. The molecule has 0 atom stereocenters. The normalized spacial score (nSPS) is 11.2. The third-order valence-electron chi connectivity index (χ3n) is 2.91. The van der Waals surface area contributed by atoms with Gasteiger partial charge in [0.1, 0.15) is 6.07 Å². The molecule has 0 aliphatic heterocycles. The van der Waals surface area contributed by atoms with Gasteiger partial charge in [0.15, 0.2) is 0 Å². The summed E-state index contributed by atoms with van der Waals surface area (Å²) in [5.74, 6) is -0.304. The van der Waals surface area contributed by atoms with Gasteiger partial charge in [0.05, 0.1) is 17.0 Å². The van der Waals surface area contributed by atoms with Gasteiger partial charge in [0.2, 0.25) is 15.9 Å². The summed E-state index contributed by atoms with van der Waals surface area (Å²) in [6, 6.07) is 7.87. The standard InChI is InChI=1S/C14H19N3O3S/c1-4-9-17(11-14(18)16(2)3)21(19,20)13-8-6-5-7-12(13)10-15/h5-8H,4,9,11H2,1-3H3. The maximum absolute atomic E-state index is 12.7. The molecular formula is C14H19N3O3S. The third kappa shape index (κ3) is 4.03. The molecule has 21 heavy (non-hydrogen) atoms. The summed E-state index contributed by atoms with van der Waals surface area (Å²) in [5, 5.41) is 9.06. The first kappa shape index (κ1) is 17.1. The zero-order valence-electron chi connectivity index (χ0n) is 12.4. The van der Waals surface area contributed by atoms with Gasteiger partial charge in [-0.05, 0) is 18.6 Å². The van der Waals surface area contributed by atoms with Crippen LogP contribution in [0, 0.1) is 11.3 Å². The zero-order chi connectivity index (χ0) is 16.0. The van der Waals surface area contributed by atoms with Crippen molar-refractivity contribution in [3.05, 3.63) is 29.8 Å². The monoisotopic (exact) mass is 309 g/mol. The van der Waals surface area contributed by atoms with Crippen LogP contribution in [0.2, 0.25) is 0 Å². The van der Waals surface area contributed by atoms with Crippen molar-refractivity contribution in [3.63, 3.8) is 0 Å². The minimum Gasteiger partial charge on any atom is -0.348 e. The summed E-state index contributed by atoms with van der Waals surface area (Å²) >= 11 is 0. The van der Waals surface area contributed by atoms with Crippen LogP contribution in [0.1, 0.15) is 18.9 Å². The smallest absolute Gasteiger partial charge is 0.244 e. The quantitative estimate of drug-likeness (QED) is 0.786. The molecule has 0 saturated heterocycles. The molecule has 0 aromatic heterocycles.